The highest BCUT2D eigenvalue weighted by Crippen LogP contribution is 2.22. The minimum Gasteiger partial charge on any atom is -0.478 e. The summed E-state index contributed by atoms with van der Waals surface area (Å²) < 4.78 is 5.39. The molecule has 1 aromatic rings. The summed E-state index contributed by atoms with van der Waals surface area (Å²) in [7, 11) is 0. The normalized spacial score (nSPS) is 18.3. The first-order valence-electron chi connectivity index (χ1n) is 6.32. The molecule has 1 unspecified atom stereocenters. The lowest BCUT2D eigenvalue weighted by Crippen LogP contribution is -2.21. The molecule has 2 N–H and O–H groups in total. The Morgan fingerprint density at radius 2 is 2.26 bits per heavy atom. The van der Waals surface area contributed by atoms with E-state index in [9.17, 15) is 9.59 Å². The maximum atomic E-state index is 11.9. The summed E-state index contributed by atoms with van der Waals surface area (Å²) in [4.78, 5) is 23.0. The summed E-state index contributed by atoms with van der Waals surface area (Å²) in [6, 6.07) is 4.92. The second-order valence-electron chi connectivity index (χ2n) is 4.69. The molecule has 1 amide bonds. The molecular weight excluding hydrogens is 246 g/mol. The first-order chi connectivity index (χ1) is 9.08. The lowest BCUT2D eigenvalue weighted by atomic mass is 10.1. The van der Waals surface area contributed by atoms with E-state index in [1.807, 2.05) is 0 Å². The monoisotopic (exact) mass is 263 g/mol. The number of anilines is 1. The van der Waals surface area contributed by atoms with E-state index in [1.165, 1.54) is 6.07 Å². The molecular formula is C14H17NO4. The molecule has 102 valence electrons. The van der Waals surface area contributed by atoms with Crippen molar-refractivity contribution in [2.24, 2.45) is 0 Å². The maximum Gasteiger partial charge on any atom is 0.337 e. The Balaban J connectivity index is 2.09. The lowest BCUT2D eigenvalue weighted by molar-refractivity contribution is -0.118. The average Bonchev–Trinajstić information content (AvgIpc) is 2.84. The van der Waals surface area contributed by atoms with Crippen LogP contribution in [0.2, 0.25) is 0 Å². The lowest BCUT2D eigenvalue weighted by Gasteiger charge is -2.13. The summed E-state index contributed by atoms with van der Waals surface area (Å²) in [5.74, 6) is -1.25. The number of carbonyl (C=O) groups is 2. The topological polar surface area (TPSA) is 75.6 Å². The van der Waals surface area contributed by atoms with Gasteiger partial charge in [-0.15, -0.1) is 0 Å². The zero-order chi connectivity index (χ0) is 13.8. The number of carboxylic acids is 1. The predicted molar refractivity (Wildman–Crippen MR) is 70.4 cm³/mol. The second-order valence-corrected chi connectivity index (χ2v) is 4.69. The number of hydrogen-bond acceptors (Lipinski definition) is 3. The van der Waals surface area contributed by atoms with Crippen LogP contribution in [0.25, 0.3) is 0 Å². The Morgan fingerprint density at radius 3 is 2.89 bits per heavy atom. The summed E-state index contributed by atoms with van der Waals surface area (Å²) in [5, 5.41) is 11.8. The summed E-state index contributed by atoms with van der Waals surface area (Å²) in [5.41, 5.74) is 1.22. The number of carboxylic acid groups (broad SMARTS) is 1. The van der Waals surface area contributed by atoms with Crippen molar-refractivity contribution in [1.29, 1.82) is 0 Å². The summed E-state index contributed by atoms with van der Waals surface area (Å²) in [6.07, 6.45) is 2.08. The zero-order valence-corrected chi connectivity index (χ0v) is 10.8. The molecule has 1 aromatic carbocycles. The van der Waals surface area contributed by atoms with Crippen LogP contribution in [0.15, 0.2) is 18.2 Å². The number of carbonyl (C=O) groups excluding carboxylic acids is 1. The number of para-hydroxylation sites is 1. The van der Waals surface area contributed by atoms with Crippen molar-refractivity contribution in [2.75, 3.05) is 11.9 Å². The van der Waals surface area contributed by atoms with Crippen molar-refractivity contribution >= 4 is 17.6 Å². The van der Waals surface area contributed by atoms with Crippen LogP contribution in [0.3, 0.4) is 0 Å². The first-order valence-corrected chi connectivity index (χ1v) is 6.32. The third kappa shape index (κ3) is 3.32. The third-order valence-electron chi connectivity index (χ3n) is 3.20. The molecule has 1 saturated heterocycles. The Kier molecular flexibility index (Phi) is 4.16. The number of hydrogen-bond donors (Lipinski definition) is 2. The van der Waals surface area contributed by atoms with Crippen molar-refractivity contribution < 1.29 is 19.4 Å². The second kappa shape index (κ2) is 5.84. The number of nitrogens with one attached hydrogen (secondary N) is 1. The predicted octanol–water partition coefficient (Wildman–Crippen LogP) is 2.20. The molecule has 1 aliphatic heterocycles. The van der Waals surface area contributed by atoms with Gasteiger partial charge >= 0.3 is 5.97 Å². The first kappa shape index (κ1) is 13.5. The van der Waals surface area contributed by atoms with Crippen LogP contribution in [0, 0.1) is 6.92 Å². The molecule has 1 aliphatic rings. The van der Waals surface area contributed by atoms with Gasteiger partial charge in [-0.05, 0) is 31.4 Å². The third-order valence-corrected chi connectivity index (χ3v) is 3.20. The quantitative estimate of drug-likeness (QED) is 0.873. The van der Waals surface area contributed by atoms with Crippen LogP contribution in [0.4, 0.5) is 5.69 Å². The highest BCUT2D eigenvalue weighted by Gasteiger charge is 2.21. The molecule has 1 heterocycles. The van der Waals surface area contributed by atoms with E-state index in [2.05, 4.69) is 5.32 Å². The average molecular weight is 263 g/mol. The fraction of sp³-hybridized carbons (Fsp3) is 0.429. The highest BCUT2D eigenvalue weighted by atomic mass is 16.5. The Morgan fingerprint density at radius 1 is 1.47 bits per heavy atom. The molecule has 0 aliphatic carbocycles. The van der Waals surface area contributed by atoms with E-state index in [0.29, 0.717) is 12.3 Å². The van der Waals surface area contributed by atoms with Gasteiger partial charge in [0, 0.05) is 6.61 Å². The molecule has 1 fully saturated rings. The largest absolute Gasteiger partial charge is 0.478 e. The van der Waals surface area contributed by atoms with Gasteiger partial charge in [0.05, 0.1) is 23.8 Å². The number of rotatable bonds is 4. The number of ether oxygens (including phenoxy) is 1. The standard InChI is InChI=1S/C14H17NO4/c1-9-4-2-6-11(14(17)18)13(9)15-12(16)8-10-5-3-7-19-10/h2,4,6,10H,3,5,7-8H2,1H3,(H,15,16)(H,17,18). The van der Waals surface area contributed by atoms with Gasteiger partial charge < -0.3 is 15.2 Å². The number of amides is 1. The Labute approximate surface area is 111 Å². The van der Waals surface area contributed by atoms with E-state index < -0.39 is 5.97 Å². The van der Waals surface area contributed by atoms with Gasteiger partial charge in [0.1, 0.15) is 0 Å². The molecule has 0 bridgehead atoms. The van der Waals surface area contributed by atoms with Crippen molar-refractivity contribution in [3.63, 3.8) is 0 Å². The smallest absolute Gasteiger partial charge is 0.337 e. The van der Waals surface area contributed by atoms with E-state index in [4.69, 9.17) is 9.84 Å². The Bertz CT molecular complexity index is 492. The van der Waals surface area contributed by atoms with E-state index in [-0.39, 0.29) is 24.0 Å². The van der Waals surface area contributed by atoms with Gasteiger partial charge in [-0.1, -0.05) is 12.1 Å². The molecule has 1 atom stereocenters. The molecule has 5 nitrogen and oxygen atoms in total. The van der Waals surface area contributed by atoms with Crippen molar-refractivity contribution in [1.82, 2.24) is 0 Å². The van der Waals surface area contributed by atoms with Gasteiger partial charge in [0.2, 0.25) is 5.91 Å². The molecule has 2 rings (SSSR count). The van der Waals surface area contributed by atoms with Gasteiger partial charge in [0.25, 0.3) is 0 Å². The molecule has 0 radical (unpaired) electrons. The summed E-state index contributed by atoms with van der Waals surface area (Å²) in [6.45, 7) is 2.47. The van der Waals surface area contributed by atoms with Gasteiger partial charge in [-0.3, -0.25) is 4.79 Å². The van der Waals surface area contributed by atoms with Gasteiger partial charge in [0.15, 0.2) is 0 Å². The van der Waals surface area contributed by atoms with Crippen LogP contribution in [-0.4, -0.2) is 29.7 Å². The molecule has 0 aromatic heterocycles. The SMILES string of the molecule is Cc1cccc(C(=O)O)c1NC(=O)CC1CCCO1. The highest BCUT2D eigenvalue weighted by molar-refractivity contribution is 6.01. The van der Waals surface area contributed by atoms with E-state index in [1.54, 1.807) is 19.1 Å². The fourth-order valence-electron chi connectivity index (χ4n) is 2.21. The van der Waals surface area contributed by atoms with Crippen molar-refractivity contribution in [3.05, 3.63) is 29.3 Å². The molecule has 5 heteroatoms. The van der Waals surface area contributed by atoms with Gasteiger partial charge in [-0.25, -0.2) is 4.79 Å². The van der Waals surface area contributed by atoms with Crippen LogP contribution < -0.4 is 5.32 Å². The molecule has 0 saturated carbocycles. The minimum absolute atomic E-state index is 0.0442. The van der Waals surface area contributed by atoms with Crippen LogP contribution in [-0.2, 0) is 9.53 Å². The number of aromatic carboxylic acids is 1. The fourth-order valence-corrected chi connectivity index (χ4v) is 2.21. The zero-order valence-electron chi connectivity index (χ0n) is 10.8. The van der Waals surface area contributed by atoms with E-state index >= 15 is 0 Å². The van der Waals surface area contributed by atoms with Crippen LogP contribution in [0.1, 0.15) is 35.2 Å². The minimum atomic E-state index is -1.05. The van der Waals surface area contributed by atoms with E-state index in [0.717, 1.165) is 18.4 Å². The maximum absolute atomic E-state index is 11.9. The molecule has 0 spiro atoms. The van der Waals surface area contributed by atoms with Crippen LogP contribution >= 0.6 is 0 Å². The van der Waals surface area contributed by atoms with Crippen molar-refractivity contribution in [2.45, 2.75) is 32.3 Å². The molecule has 19 heavy (non-hydrogen) atoms. The Hall–Kier alpha value is -1.88. The number of benzene rings is 1. The van der Waals surface area contributed by atoms with Crippen molar-refractivity contribution in [3.8, 4) is 0 Å². The summed E-state index contributed by atoms with van der Waals surface area (Å²) >= 11 is 0. The van der Waals surface area contributed by atoms with Crippen LogP contribution in [0.5, 0.6) is 0 Å². The van der Waals surface area contributed by atoms with Gasteiger partial charge in [-0.2, -0.15) is 0 Å². The number of aryl methyl sites for hydroxylation is 1.